The van der Waals surface area contributed by atoms with E-state index in [2.05, 4.69) is 21.5 Å². The molecule has 1 heterocycles. The van der Waals surface area contributed by atoms with Crippen molar-refractivity contribution in [1.82, 2.24) is 9.88 Å². The van der Waals surface area contributed by atoms with E-state index in [1.54, 1.807) is 11.3 Å². The summed E-state index contributed by atoms with van der Waals surface area (Å²) >= 11 is 1.64. The van der Waals surface area contributed by atoms with Crippen LogP contribution in [0.15, 0.2) is 11.7 Å². The highest BCUT2D eigenvalue weighted by Crippen LogP contribution is 2.09. The van der Waals surface area contributed by atoms with E-state index >= 15 is 0 Å². The fourth-order valence-corrected chi connectivity index (χ4v) is 1.88. The normalized spacial score (nSPS) is 10.6. The lowest BCUT2D eigenvalue weighted by Gasteiger charge is -2.18. The summed E-state index contributed by atoms with van der Waals surface area (Å²) in [5, 5.41) is 0. The van der Waals surface area contributed by atoms with Gasteiger partial charge in [0.1, 0.15) is 0 Å². The quantitative estimate of drug-likeness (QED) is 0.692. The van der Waals surface area contributed by atoms with Gasteiger partial charge >= 0.3 is 5.97 Å². The van der Waals surface area contributed by atoms with E-state index in [-0.39, 0.29) is 5.97 Å². The van der Waals surface area contributed by atoms with Crippen LogP contribution < -0.4 is 0 Å². The van der Waals surface area contributed by atoms with Crippen molar-refractivity contribution in [2.45, 2.75) is 19.9 Å². The van der Waals surface area contributed by atoms with Gasteiger partial charge in [-0.1, -0.05) is 6.92 Å². The molecule has 0 atom stereocenters. The predicted molar refractivity (Wildman–Crippen MR) is 59.7 cm³/mol. The van der Waals surface area contributed by atoms with Gasteiger partial charge in [0, 0.05) is 24.2 Å². The predicted octanol–water partition coefficient (Wildman–Crippen LogP) is 1.53. The molecule has 1 aromatic rings. The molecule has 0 aliphatic carbocycles. The Labute approximate surface area is 93.9 Å². The van der Waals surface area contributed by atoms with Crippen LogP contribution in [0, 0.1) is 0 Å². The standard InChI is InChI=1S/C10H16N2O2S/c1-3-12(5-4-10(13)14-2)7-9-6-11-8-15-9/h6,8H,3-5,7H2,1-2H3. The fraction of sp³-hybridized carbons (Fsp3) is 0.600. The zero-order chi connectivity index (χ0) is 11.1. The summed E-state index contributed by atoms with van der Waals surface area (Å²) in [6, 6.07) is 0. The van der Waals surface area contributed by atoms with Gasteiger partial charge in [-0.2, -0.15) is 0 Å². The highest BCUT2D eigenvalue weighted by Gasteiger charge is 2.07. The van der Waals surface area contributed by atoms with Crippen LogP contribution in [0.5, 0.6) is 0 Å². The molecule has 1 aromatic heterocycles. The summed E-state index contributed by atoms with van der Waals surface area (Å²) < 4.78 is 4.60. The minimum absolute atomic E-state index is 0.155. The third-order valence-corrected chi connectivity index (χ3v) is 2.93. The van der Waals surface area contributed by atoms with Crippen LogP contribution in [0.25, 0.3) is 0 Å². The zero-order valence-electron chi connectivity index (χ0n) is 9.10. The monoisotopic (exact) mass is 228 g/mol. The van der Waals surface area contributed by atoms with Crippen molar-refractivity contribution in [2.75, 3.05) is 20.2 Å². The first kappa shape index (κ1) is 12.1. The first-order chi connectivity index (χ1) is 7.26. The highest BCUT2D eigenvalue weighted by molar-refractivity contribution is 7.09. The molecular weight excluding hydrogens is 212 g/mol. The maximum atomic E-state index is 11.0. The summed E-state index contributed by atoms with van der Waals surface area (Å²) in [7, 11) is 1.42. The largest absolute Gasteiger partial charge is 0.469 e. The van der Waals surface area contributed by atoms with Crippen molar-refractivity contribution in [3.8, 4) is 0 Å². The summed E-state index contributed by atoms with van der Waals surface area (Å²) in [5.74, 6) is -0.155. The lowest BCUT2D eigenvalue weighted by molar-refractivity contribution is -0.141. The van der Waals surface area contributed by atoms with Crippen LogP contribution in [0.2, 0.25) is 0 Å². The van der Waals surface area contributed by atoms with Crippen molar-refractivity contribution in [1.29, 1.82) is 0 Å². The van der Waals surface area contributed by atoms with Gasteiger partial charge in [0.2, 0.25) is 0 Å². The summed E-state index contributed by atoms with van der Waals surface area (Å²) in [6.45, 7) is 4.60. The summed E-state index contributed by atoms with van der Waals surface area (Å²) in [6.07, 6.45) is 2.31. The van der Waals surface area contributed by atoms with Crippen molar-refractivity contribution in [3.05, 3.63) is 16.6 Å². The SMILES string of the molecule is CCN(CCC(=O)OC)Cc1cncs1. The second kappa shape index (κ2) is 6.53. The number of methoxy groups -OCH3 is 1. The van der Waals surface area contributed by atoms with Crippen LogP contribution in [0.1, 0.15) is 18.2 Å². The molecule has 0 aliphatic heterocycles. The van der Waals surface area contributed by atoms with Gasteiger partial charge in [-0.05, 0) is 6.54 Å². The van der Waals surface area contributed by atoms with E-state index < -0.39 is 0 Å². The van der Waals surface area contributed by atoms with Crippen molar-refractivity contribution in [2.24, 2.45) is 0 Å². The first-order valence-electron chi connectivity index (χ1n) is 4.92. The van der Waals surface area contributed by atoms with Gasteiger partial charge < -0.3 is 4.74 Å². The third kappa shape index (κ3) is 4.40. The summed E-state index contributed by atoms with van der Waals surface area (Å²) in [4.78, 5) is 18.4. The van der Waals surface area contributed by atoms with E-state index in [1.165, 1.54) is 12.0 Å². The minimum atomic E-state index is -0.155. The van der Waals surface area contributed by atoms with Crippen LogP contribution >= 0.6 is 11.3 Å². The number of hydrogen-bond acceptors (Lipinski definition) is 5. The molecule has 0 aromatic carbocycles. The number of carbonyl (C=O) groups excluding carboxylic acids is 1. The second-order valence-corrected chi connectivity index (χ2v) is 4.13. The Morgan fingerprint density at radius 1 is 1.67 bits per heavy atom. The van der Waals surface area contributed by atoms with Gasteiger partial charge in [-0.3, -0.25) is 14.7 Å². The Morgan fingerprint density at radius 3 is 3.00 bits per heavy atom. The van der Waals surface area contributed by atoms with Gasteiger partial charge in [0.05, 0.1) is 19.0 Å². The molecule has 0 N–H and O–H groups in total. The second-order valence-electron chi connectivity index (χ2n) is 3.16. The van der Waals surface area contributed by atoms with Gasteiger partial charge in [-0.25, -0.2) is 0 Å². The average Bonchev–Trinajstić information content (AvgIpc) is 2.76. The maximum Gasteiger partial charge on any atom is 0.306 e. The van der Waals surface area contributed by atoms with Gasteiger partial charge in [-0.15, -0.1) is 11.3 Å². The molecule has 0 amide bonds. The molecule has 0 aliphatic rings. The number of esters is 1. The number of thiazole rings is 1. The minimum Gasteiger partial charge on any atom is -0.469 e. The smallest absolute Gasteiger partial charge is 0.306 e. The number of ether oxygens (including phenoxy) is 1. The molecule has 15 heavy (non-hydrogen) atoms. The molecular formula is C10H16N2O2S. The van der Waals surface area contributed by atoms with E-state index in [9.17, 15) is 4.79 Å². The van der Waals surface area contributed by atoms with Gasteiger partial charge in [0.15, 0.2) is 0 Å². The lowest BCUT2D eigenvalue weighted by atomic mass is 10.3. The highest BCUT2D eigenvalue weighted by atomic mass is 32.1. The molecule has 0 unspecified atom stereocenters. The molecule has 0 fully saturated rings. The van der Waals surface area contributed by atoms with E-state index in [1.807, 2.05) is 11.7 Å². The Kier molecular flexibility index (Phi) is 5.28. The van der Waals surface area contributed by atoms with Crippen molar-refractivity contribution < 1.29 is 9.53 Å². The summed E-state index contributed by atoms with van der Waals surface area (Å²) in [5.41, 5.74) is 1.82. The van der Waals surface area contributed by atoms with Crippen LogP contribution in [0.3, 0.4) is 0 Å². The molecule has 0 spiro atoms. The van der Waals surface area contributed by atoms with Crippen molar-refractivity contribution in [3.63, 3.8) is 0 Å². The average molecular weight is 228 g/mol. The van der Waals surface area contributed by atoms with E-state index in [0.717, 1.165) is 19.6 Å². The van der Waals surface area contributed by atoms with Crippen molar-refractivity contribution >= 4 is 17.3 Å². The van der Waals surface area contributed by atoms with Crippen LogP contribution in [-0.4, -0.2) is 36.1 Å². The Morgan fingerprint density at radius 2 is 2.47 bits per heavy atom. The number of carbonyl (C=O) groups is 1. The zero-order valence-corrected chi connectivity index (χ0v) is 9.92. The molecule has 5 heteroatoms. The number of aromatic nitrogens is 1. The Hall–Kier alpha value is -0.940. The van der Waals surface area contributed by atoms with Gasteiger partial charge in [0.25, 0.3) is 0 Å². The molecule has 0 saturated heterocycles. The number of nitrogens with zero attached hydrogens (tertiary/aromatic N) is 2. The molecule has 0 saturated carbocycles. The molecule has 0 radical (unpaired) electrons. The molecule has 0 bridgehead atoms. The maximum absolute atomic E-state index is 11.0. The molecule has 4 nitrogen and oxygen atoms in total. The number of hydrogen-bond donors (Lipinski definition) is 0. The fourth-order valence-electron chi connectivity index (χ4n) is 1.24. The Bertz CT molecular complexity index is 288. The van der Waals surface area contributed by atoms with E-state index in [0.29, 0.717) is 6.42 Å². The van der Waals surface area contributed by atoms with E-state index in [4.69, 9.17) is 0 Å². The first-order valence-corrected chi connectivity index (χ1v) is 5.80. The lowest BCUT2D eigenvalue weighted by Crippen LogP contribution is -2.25. The van der Waals surface area contributed by atoms with Crippen LogP contribution in [-0.2, 0) is 16.1 Å². The topological polar surface area (TPSA) is 42.4 Å². The van der Waals surface area contributed by atoms with Crippen LogP contribution in [0.4, 0.5) is 0 Å². The Balaban J connectivity index is 2.33. The third-order valence-electron chi connectivity index (χ3n) is 2.17. The molecule has 1 rings (SSSR count). The number of rotatable bonds is 6. The molecule has 84 valence electrons.